The van der Waals surface area contributed by atoms with E-state index in [0.717, 1.165) is 23.9 Å². The number of carbonyl (C=O) groups is 1. The fourth-order valence-electron chi connectivity index (χ4n) is 2.07. The van der Waals surface area contributed by atoms with Crippen LogP contribution in [0.5, 0.6) is 0 Å². The number of thiol groups is 1. The topological polar surface area (TPSA) is 29.5 Å². The van der Waals surface area contributed by atoms with Crippen LogP contribution < -0.4 is 0 Å². The number of carbonyl (C=O) groups excluding carboxylic acids is 1. The Hall–Kier alpha value is -0.520. The van der Waals surface area contributed by atoms with Crippen molar-refractivity contribution in [1.29, 1.82) is 0 Å². The minimum atomic E-state index is -0.0111. The van der Waals surface area contributed by atoms with E-state index in [0.29, 0.717) is 17.0 Å². The zero-order valence-electron chi connectivity index (χ0n) is 10.2. The fourth-order valence-corrected chi connectivity index (χ4v) is 2.92. The van der Waals surface area contributed by atoms with Crippen molar-refractivity contribution in [1.82, 2.24) is 4.90 Å². The van der Waals surface area contributed by atoms with Gasteiger partial charge < -0.3 is 9.64 Å². The highest BCUT2D eigenvalue weighted by molar-refractivity contribution is 9.10. The molecule has 1 aromatic carbocycles. The molecule has 1 amide bonds. The second kappa shape index (κ2) is 6.08. The quantitative estimate of drug-likeness (QED) is 0.864. The molecule has 0 aromatic heterocycles. The van der Waals surface area contributed by atoms with Gasteiger partial charge in [0.25, 0.3) is 5.91 Å². The molecule has 1 aromatic rings. The molecule has 0 radical (unpaired) electrons. The minimum absolute atomic E-state index is 0.0111. The van der Waals surface area contributed by atoms with E-state index in [9.17, 15) is 4.79 Å². The number of benzene rings is 1. The van der Waals surface area contributed by atoms with Gasteiger partial charge in [-0.3, -0.25) is 4.79 Å². The first-order valence-corrected chi connectivity index (χ1v) is 7.17. The van der Waals surface area contributed by atoms with Crippen LogP contribution in [0.15, 0.2) is 27.6 Å². The van der Waals surface area contributed by atoms with Gasteiger partial charge in [0.15, 0.2) is 0 Å². The Morgan fingerprint density at radius 1 is 1.61 bits per heavy atom. The van der Waals surface area contributed by atoms with Crippen molar-refractivity contribution in [3.63, 3.8) is 0 Å². The van der Waals surface area contributed by atoms with Crippen LogP contribution in [-0.2, 0) is 4.74 Å². The minimum Gasteiger partial charge on any atom is -0.376 e. The maximum atomic E-state index is 12.3. The first-order chi connectivity index (χ1) is 8.58. The van der Waals surface area contributed by atoms with Crippen LogP contribution in [0, 0.1) is 0 Å². The third-order valence-corrected chi connectivity index (χ3v) is 3.90. The van der Waals surface area contributed by atoms with Crippen molar-refractivity contribution in [2.75, 3.05) is 20.2 Å². The van der Waals surface area contributed by atoms with E-state index in [-0.39, 0.29) is 12.0 Å². The average Bonchev–Trinajstić information content (AvgIpc) is 2.81. The molecule has 2 rings (SSSR count). The largest absolute Gasteiger partial charge is 0.376 e. The SMILES string of the molecule is CN(CC1CCCO1)C(=O)c1ccc(Br)cc1S. The summed E-state index contributed by atoms with van der Waals surface area (Å²) in [5.41, 5.74) is 0.627. The van der Waals surface area contributed by atoms with Crippen LogP contribution in [0.1, 0.15) is 23.2 Å². The van der Waals surface area contributed by atoms with Crippen molar-refractivity contribution in [3.8, 4) is 0 Å². The predicted molar refractivity (Wildman–Crippen MR) is 77.3 cm³/mol. The number of hydrogen-bond donors (Lipinski definition) is 1. The summed E-state index contributed by atoms with van der Waals surface area (Å²) in [5.74, 6) is -0.0111. The Balaban J connectivity index is 2.05. The highest BCUT2D eigenvalue weighted by Gasteiger charge is 2.21. The Bertz CT molecular complexity index is 447. The Kier molecular flexibility index (Phi) is 4.70. The molecule has 0 bridgehead atoms. The molecule has 0 spiro atoms. The monoisotopic (exact) mass is 329 g/mol. The molecular formula is C13H16BrNO2S. The van der Waals surface area contributed by atoms with Crippen LogP contribution in [0.3, 0.4) is 0 Å². The zero-order valence-corrected chi connectivity index (χ0v) is 12.7. The molecule has 3 nitrogen and oxygen atoms in total. The van der Waals surface area contributed by atoms with Gasteiger partial charge in [0.05, 0.1) is 11.7 Å². The van der Waals surface area contributed by atoms with E-state index in [2.05, 4.69) is 28.6 Å². The number of rotatable bonds is 3. The van der Waals surface area contributed by atoms with Gasteiger partial charge >= 0.3 is 0 Å². The molecule has 0 aliphatic carbocycles. The lowest BCUT2D eigenvalue weighted by atomic mass is 10.2. The van der Waals surface area contributed by atoms with Gasteiger partial charge in [-0.25, -0.2) is 0 Å². The number of ether oxygens (including phenoxy) is 1. The summed E-state index contributed by atoms with van der Waals surface area (Å²) >= 11 is 7.70. The molecule has 5 heteroatoms. The molecule has 1 aliphatic rings. The fraction of sp³-hybridized carbons (Fsp3) is 0.462. The van der Waals surface area contributed by atoms with E-state index >= 15 is 0 Å². The molecule has 1 aliphatic heterocycles. The van der Waals surface area contributed by atoms with Crippen LogP contribution in [-0.4, -0.2) is 37.1 Å². The van der Waals surface area contributed by atoms with Crippen LogP contribution in [0.25, 0.3) is 0 Å². The van der Waals surface area contributed by atoms with Crippen LogP contribution in [0.4, 0.5) is 0 Å². The van der Waals surface area contributed by atoms with Gasteiger partial charge in [-0.05, 0) is 31.0 Å². The van der Waals surface area contributed by atoms with Gasteiger partial charge in [0.2, 0.25) is 0 Å². The Morgan fingerprint density at radius 2 is 2.39 bits per heavy atom. The molecule has 18 heavy (non-hydrogen) atoms. The number of hydrogen-bond acceptors (Lipinski definition) is 3. The lowest BCUT2D eigenvalue weighted by Crippen LogP contribution is -2.34. The van der Waals surface area contributed by atoms with Crippen LogP contribution in [0.2, 0.25) is 0 Å². The van der Waals surface area contributed by atoms with Crippen molar-refractivity contribution in [2.45, 2.75) is 23.8 Å². The standard InChI is InChI=1S/C13H16BrNO2S/c1-15(8-10-3-2-6-17-10)13(16)11-5-4-9(14)7-12(11)18/h4-5,7,10,18H,2-3,6,8H2,1H3. The van der Waals surface area contributed by atoms with E-state index in [1.165, 1.54) is 0 Å². The van der Waals surface area contributed by atoms with Crippen molar-refractivity contribution in [3.05, 3.63) is 28.2 Å². The molecule has 1 unspecified atom stereocenters. The van der Waals surface area contributed by atoms with Gasteiger partial charge in [-0.1, -0.05) is 15.9 Å². The van der Waals surface area contributed by atoms with Gasteiger partial charge in [0, 0.05) is 29.6 Å². The smallest absolute Gasteiger partial charge is 0.254 e. The first kappa shape index (κ1) is 13.9. The molecule has 1 saturated heterocycles. The normalized spacial score (nSPS) is 18.9. The number of halogens is 1. The molecule has 1 atom stereocenters. The maximum absolute atomic E-state index is 12.3. The molecular weight excluding hydrogens is 314 g/mol. The first-order valence-electron chi connectivity index (χ1n) is 5.93. The summed E-state index contributed by atoms with van der Waals surface area (Å²) < 4.78 is 6.46. The molecule has 98 valence electrons. The molecule has 0 N–H and O–H groups in total. The predicted octanol–water partition coefficient (Wildman–Crippen LogP) is 2.99. The Labute approximate surface area is 121 Å². The summed E-state index contributed by atoms with van der Waals surface area (Å²) in [6, 6.07) is 5.48. The van der Waals surface area contributed by atoms with Crippen LogP contribution >= 0.6 is 28.6 Å². The van der Waals surface area contributed by atoms with Crippen molar-refractivity contribution < 1.29 is 9.53 Å². The molecule has 1 fully saturated rings. The summed E-state index contributed by atoms with van der Waals surface area (Å²) in [7, 11) is 1.80. The summed E-state index contributed by atoms with van der Waals surface area (Å²) in [5, 5.41) is 0. The highest BCUT2D eigenvalue weighted by atomic mass is 79.9. The van der Waals surface area contributed by atoms with Gasteiger partial charge in [-0.2, -0.15) is 0 Å². The third kappa shape index (κ3) is 3.28. The second-order valence-electron chi connectivity index (χ2n) is 4.48. The van der Waals surface area contributed by atoms with E-state index in [1.807, 2.05) is 12.1 Å². The number of nitrogens with zero attached hydrogens (tertiary/aromatic N) is 1. The second-order valence-corrected chi connectivity index (χ2v) is 5.88. The third-order valence-electron chi connectivity index (χ3n) is 3.04. The van der Waals surface area contributed by atoms with Gasteiger partial charge in [-0.15, -0.1) is 12.6 Å². The molecule has 0 saturated carbocycles. The van der Waals surface area contributed by atoms with E-state index in [4.69, 9.17) is 4.74 Å². The van der Waals surface area contributed by atoms with E-state index in [1.54, 1.807) is 18.0 Å². The molecule has 1 heterocycles. The maximum Gasteiger partial charge on any atom is 0.254 e. The van der Waals surface area contributed by atoms with E-state index < -0.39 is 0 Å². The average molecular weight is 330 g/mol. The lowest BCUT2D eigenvalue weighted by Gasteiger charge is -2.21. The van der Waals surface area contributed by atoms with Crippen molar-refractivity contribution in [2.24, 2.45) is 0 Å². The summed E-state index contributed by atoms with van der Waals surface area (Å²) in [6.45, 7) is 1.45. The highest BCUT2D eigenvalue weighted by Crippen LogP contribution is 2.21. The lowest BCUT2D eigenvalue weighted by molar-refractivity contribution is 0.0584. The van der Waals surface area contributed by atoms with Crippen molar-refractivity contribution >= 4 is 34.5 Å². The Morgan fingerprint density at radius 3 is 3.00 bits per heavy atom. The summed E-state index contributed by atoms with van der Waals surface area (Å²) in [4.78, 5) is 14.7. The number of likely N-dealkylation sites (N-methyl/N-ethyl adjacent to an activating group) is 1. The summed E-state index contributed by atoms with van der Waals surface area (Å²) in [6.07, 6.45) is 2.30. The zero-order chi connectivity index (χ0) is 13.1. The van der Waals surface area contributed by atoms with Gasteiger partial charge in [0.1, 0.15) is 0 Å². The number of amides is 1.